The molecule has 1 aromatic heterocycles. The first-order valence-corrected chi connectivity index (χ1v) is 5.57. The second-order valence-corrected chi connectivity index (χ2v) is 4.07. The number of amides is 1. The van der Waals surface area contributed by atoms with Gasteiger partial charge in [-0.25, -0.2) is 4.98 Å². The van der Waals surface area contributed by atoms with Crippen molar-refractivity contribution in [1.82, 2.24) is 4.98 Å². The number of primary amides is 1. The molecule has 3 N–H and O–H groups in total. The van der Waals surface area contributed by atoms with Crippen LogP contribution in [0.15, 0.2) is 5.38 Å². The highest BCUT2D eigenvalue weighted by Crippen LogP contribution is 2.18. The first-order chi connectivity index (χ1) is 6.68. The monoisotopic (exact) mass is 233 g/mol. The van der Waals surface area contributed by atoms with Gasteiger partial charge in [0.1, 0.15) is 5.15 Å². The van der Waals surface area contributed by atoms with E-state index in [4.69, 9.17) is 17.3 Å². The summed E-state index contributed by atoms with van der Waals surface area (Å²) in [6.45, 7) is 0.789. The maximum atomic E-state index is 10.4. The molecule has 0 spiro atoms. The number of unbranched alkanes of at least 4 members (excludes halogenated alkanes) is 1. The summed E-state index contributed by atoms with van der Waals surface area (Å²) in [5.74, 6) is -0.248. The summed E-state index contributed by atoms with van der Waals surface area (Å²) >= 11 is 7.11. The van der Waals surface area contributed by atoms with Crippen LogP contribution in [0, 0.1) is 0 Å². The van der Waals surface area contributed by atoms with Crippen molar-refractivity contribution in [2.75, 3.05) is 11.9 Å². The van der Waals surface area contributed by atoms with Crippen molar-refractivity contribution in [3.8, 4) is 0 Å². The number of aromatic nitrogens is 1. The molecule has 0 bridgehead atoms. The summed E-state index contributed by atoms with van der Waals surface area (Å²) in [6.07, 6.45) is 2.15. The van der Waals surface area contributed by atoms with Crippen molar-refractivity contribution in [2.45, 2.75) is 19.3 Å². The Bertz CT molecular complexity index is 303. The fraction of sp³-hybridized carbons (Fsp3) is 0.500. The first kappa shape index (κ1) is 11.3. The van der Waals surface area contributed by atoms with Crippen LogP contribution in [0.2, 0.25) is 5.15 Å². The lowest BCUT2D eigenvalue weighted by atomic mass is 10.2. The molecule has 0 saturated carbocycles. The van der Waals surface area contributed by atoms with Gasteiger partial charge in [-0.15, -0.1) is 11.3 Å². The average molecular weight is 234 g/mol. The highest BCUT2D eigenvalue weighted by atomic mass is 35.5. The van der Waals surface area contributed by atoms with E-state index in [9.17, 15) is 4.79 Å². The molecule has 1 amide bonds. The van der Waals surface area contributed by atoms with Crippen LogP contribution >= 0.6 is 22.9 Å². The minimum atomic E-state index is -0.248. The van der Waals surface area contributed by atoms with Gasteiger partial charge in [-0.1, -0.05) is 11.6 Å². The fourth-order valence-electron chi connectivity index (χ4n) is 0.955. The summed E-state index contributed by atoms with van der Waals surface area (Å²) in [7, 11) is 0. The third-order valence-corrected chi connectivity index (χ3v) is 2.73. The molecule has 4 nitrogen and oxygen atoms in total. The van der Waals surface area contributed by atoms with Gasteiger partial charge in [-0.05, 0) is 12.8 Å². The van der Waals surface area contributed by atoms with Gasteiger partial charge < -0.3 is 11.1 Å². The maximum Gasteiger partial charge on any atom is 0.217 e. The zero-order valence-electron chi connectivity index (χ0n) is 7.62. The molecule has 0 aliphatic rings. The number of carbonyl (C=O) groups excluding carboxylic acids is 1. The van der Waals surface area contributed by atoms with E-state index >= 15 is 0 Å². The van der Waals surface area contributed by atoms with Crippen molar-refractivity contribution >= 4 is 34.0 Å². The number of halogens is 1. The van der Waals surface area contributed by atoms with Gasteiger partial charge in [-0.3, -0.25) is 4.79 Å². The molecular formula is C8H12ClN3OS. The number of thiazole rings is 1. The molecule has 0 aliphatic heterocycles. The zero-order chi connectivity index (χ0) is 10.4. The lowest BCUT2D eigenvalue weighted by molar-refractivity contribution is -0.118. The summed E-state index contributed by atoms with van der Waals surface area (Å²) < 4.78 is 0. The molecule has 14 heavy (non-hydrogen) atoms. The van der Waals surface area contributed by atoms with Crippen LogP contribution in [0.4, 0.5) is 5.13 Å². The predicted octanol–water partition coefficient (Wildman–Crippen LogP) is 1.86. The van der Waals surface area contributed by atoms with Gasteiger partial charge in [0.05, 0.1) is 0 Å². The Balaban J connectivity index is 2.07. The number of nitrogens with zero attached hydrogens (tertiary/aromatic N) is 1. The summed E-state index contributed by atoms with van der Waals surface area (Å²) in [5.41, 5.74) is 5.00. The Morgan fingerprint density at radius 1 is 1.64 bits per heavy atom. The van der Waals surface area contributed by atoms with Crippen molar-refractivity contribution in [1.29, 1.82) is 0 Å². The summed E-state index contributed by atoms with van der Waals surface area (Å²) in [4.78, 5) is 14.4. The first-order valence-electron chi connectivity index (χ1n) is 4.31. The molecule has 78 valence electrons. The van der Waals surface area contributed by atoms with E-state index in [1.165, 1.54) is 11.3 Å². The largest absolute Gasteiger partial charge is 0.370 e. The van der Waals surface area contributed by atoms with Gasteiger partial charge >= 0.3 is 0 Å². The highest BCUT2D eigenvalue weighted by molar-refractivity contribution is 7.14. The van der Waals surface area contributed by atoms with E-state index < -0.39 is 0 Å². The number of rotatable bonds is 6. The smallest absolute Gasteiger partial charge is 0.217 e. The molecule has 0 unspecified atom stereocenters. The van der Waals surface area contributed by atoms with E-state index in [1.807, 2.05) is 0 Å². The minimum Gasteiger partial charge on any atom is -0.370 e. The van der Waals surface area contributed by atoms with Crippen LogP contribution in [-0.2, 0) is 4.79 Å². The van der Waals surface area contributed by atoms with Gasteiger partial charge in [0, 0.05) is 18.3 Å². The van der Waals surface area contributed by atoms with E-state index in [2.05, 4.69) is 10.3 Å². The topological polar surface area (TPSA) is 68.0 Å². The second-order valence-electron chi connectivity index (χ2n) is 2.83. The van der Waals surface area contributed by atoms with E-state index in [0.717, 1.165) is 24.5 Å². The standard InChI is InChI=1S/C8H12ClN3OS/c9-6-5-14-8(12-6)11-4-2-1-3-7(10)13/h5H,1-4H2,(H2,10,13)(H,11,12). The molecule has 6 heteroatoms. The Hall–Kier alpha value is -0.810. The fourth-order valence-corrected chi connectivity index (χ4v) is 1.82. The Morgan fingerprint density at radius 3 is 3.00 bits per heavy atom. The van der Waals surface area contributed by atoms with Crippen LogP contribution in [0.5, 0.6) is 0 Å². The Labute approximate surface area is 91.5 Å². The molecule has 0 aromatic carbocycles. The van der Waals surface area contributed by atoms with Gasteiger partial charge in [0.25, 0.3) is 0 Å². The quantitative estimate of drug-likeness (QED) is 0.737. The molecule has 0 saturated heterocycles. The molecular weight excluding hydrogens is 222 g/mol. The average Bonchev–Trinajstić information content (AvgIpc) is 2.50. The number of nitrogens with two attached hydrogens (primary N) is 1. The third kappa shape index (κ3) is 4.43. The van der Waals surface area contributed by atoms with Crippen LogP contribution < -0.4 is 11.1 Å². The Kier molecular flexibility index (Phi) is 4.69. The number of carbonyl (C=O) groups is 1. The van der Waals surface area contributed by atoms with Gasteiger partial charge in [0.2, 0.25) is 5.91 Å². The summed E-state index contributed by atoms with van der Waals surface area (Å²) in [6, 6.07) is 0. The van der Waals surface area contributed by atoms with Crippen molar-refractivity contribution in [2.24, 2.45) is 5.73 Å². The lowest BCUT2D eigenvalue weighted by Crippen LogP contribution is -2.10. The predicted molar refractivity (Wildman–Crippen MR) is 58.7 cm³/mol. The van der Waals surface area contributed by atoms with E-state index in [-0.39, 0.29) is 5.91 Å². The molecule has 1 rings (SSSR count). The number of anilines is 1. The van der Waals surface area contributed by atoms with Crippen LogP contribution in [-0.4, -0.2) is 17.4 Å². The molecule has 0 aliphatic carbocycles. The molecule has 0 atom stereocenters. The zero-order valence-corrected chi connectivity index (χ0v) is 9.20. The number of hydrogen-bond acceptors (Lipinski definition) is 4. The van der Waals surface area contributed by atoms with Crippen molar-refractivity contribution in [3.63, 3.8) is 0 Å². The van der Waals surface area contributed by atoms with Gasteiger partial charge in [-0.2, -0.15) is 0 Å². The molecule has 1 heterocycles. The SMILES string of the molecule is NC(=O)CCCCNc1nc(Cl)cs1. The molecule has 0 fully saturated rings. The molecule has 0 radical (unpaired) electrons. The van der Waals surface area contributed by atoms with Crippen LogP contribution in [0.3, 0.4) is 0 Å². The second kappa shape index (κ2) is 5.82. The number of hydrogen-bond donors (Lipinski definition) is 2. The lowest BCUT2D eigenvalue weighted by Gasteiger charge is -2.00. The number of nitrogens with one attached hydrogen (secondary N) is 1. The Morgan fingerprint density at radius 2 is 2.43 bits per heavy atom. The van der Waals surface area contributed by atoms with Gasteiger partial charge in [0.15, 0.2) is 5.13 Å². The third-order valence-electron chi connectivity index (χ3n) is 1.60. The van der Waals surface area contributed by atoms with Crippen LogP contribution in [0.25, 0.3) is 0 Å². The van der Waals surface area contributed by atoms with Crippen LogP contribution in [0.1, 0.15) is 19.3 Å². The molecule has 1 aromatic rings. The highest BCUT2D eigenvalue weighted by Gasteiger charge is 1.98. The van der Waals surface area contributed by atoms with Crippen molar-refractivity contribution in [3.05, 3.63) is 10.5 Å². The van der Waals surface area contributed by atoms with E-state index in [1.54, 1.807) is 5.38 Å². The normalized spacial score (nSPS) is 10.1. The van der Waals surface area contributed by atoms with E-state index in [0.29, 0.717) is 11.6 Å². The minimum absolute atomic E-state index is 0.248. The maximum absolute atomic E-state index is 10.4. The van der Waals surface area contributed by atoms with Crippen molar-refractivity contribution < 1.29 is 4.79 Å². The summed E-state index contributed by atoms with van der Waals surface area (Å²) in [5, 5.41) is 6.20.